The van der Waals surface area contributed by atoms with Crippen LogP contribution in [0.1, 0.15) is 44.6 Å². The number of benzene rings is 2. The molecule has 6 nitrogen and oxygen atoms in total. The van der Waals surface area contributed by atoms with Crippen LogP contribution < -0.4 is 10.9 Å². The molecule has 1 amide bonds. The molecular formula is C25H25ClN4O2S. The molecule has 1 fully saturated rings. The maximum atomic E-state index is 13.5. The highest BCUT2D eigenvalue weighted by Crippen LogP contribution is 2.30. The number of rotatable bonds is 5. The van der Waals surface area contributed by atoms with E-state index in [4.69, 9.17) is 16.6 Å². The molecule has 1 aromatic heterocycles. The van der Waals surface area contributed by atoms with Gasteiger partial charge in [0.05, 0.1) is 27.9 Å². The van der Waals surface area contributed by atoms with Crippen molar-refractivity contribution in [3.05, 3.63) is 63.4 Å². The molecule has 1 aliphatic rings. The van der Waals surface area contributed by atoms with E-state index in [2.05, 4.69) is 11.4 Å². The first-order valence-corrected chi connectivity index (χ1v) is 12.3. The van der Waals surface area contributed by atoms with E-state index in [9.17, 15) is 14.9 Å². The topological polar surface area (TPSA) is 87.8 Å². The standard InChI is InChI=1S/C25H25ClN4O2S/c1-16-7-6-8-19(13-16)30-23(32)20-10-9-18(26)14-21(20)28-24(30)33-17(2)22(31)29-25(15-27)11-4-3-5-12-25/h6-10,13-14,17H,3-5,11-12H2,1-2H3,(H,29,31). The van der Waals surface area contributed by atoms with Gasteiger partial charge in [0, 0.05) is 5.02 Å². The number of aryl methyl sites for hydroxylation is 1. The van der Waals surface area contributed by atoms with Crippen molar-refractivity contribution >= 4 is 40.2 Å². The van der Waals surface area contributed by atoms with Crippen LogP contribution in [0.25, 0.3) is 16.6 Å². The average Bonchev–Trinajstić information content (AvgIpc) is 2.79. The molecule has 1 saturated carbocycles. The summed E-state index contributed by atoms with van der Waals surface area (Å²) in [7, 11) is 0. The van der Waals surface area contributed by atoms with Crippen LogP contribution in [0.15, 0.2) is 52.4 Å². The van der Waals surface area contributed by atoms with Gasteiger partial charge < -0.3 is 5.32 Å². The van der Waals surface area contributed by atoms with Gasteiger partial charge in [-0.05, 0) is 62.6 Å². The lowest BCUT2D eigenvalue weighted by Crippen LogP contribution is -2.51. The molecule has 1 N–H and O–H groups in total. The Morgan fingerprint density at radius 3 is 2.70 bits per heavy atom. The summed E-state index contributed by atoms with van der Waals surface area (Å²) < 4.78 is 1.54. The number of carbonyl (C=O) groups is 1. The predicted octanol–water partition coefficient (Wildman–Crippen LogP) is 5.17. The smallest absolute Gasteiger partial charge is 0.266 e. The quantitative estimate of drug-likeness (QED) is 0.402. The van der Waals surface area contributed by atoms with Gasteiger partial charge >= 0.3 is 0 Å². The van der Waals surface area contributed by atoms with Crippen LogP contribution in [-0.4, -0.2) is 26.2 Å². The van der Waals surface area contributed by atoms with Crippen molar-refractivity contribution in [2.45, 2.75) is 61.9 Å². The van der Waals surface area contributed by atoms with E-state index in [1.165, 1.54) is 11.8 Å². The molecule has 0 spiro atoms. The molecule has 1 unspecified atom stereocenters. The number of halogens is 1. The minimum absolute atomic E-state index is 0.224. The van der Waals surface area contributed by atoms with Crippen LogP contribution in [0.5, 0.6) is 0 Å². The van der Waals surface area contributed by atoms with E-state index >= 15 is 0 Å². The SMILES string of the molecule is Cc1cccc(-n2c(SC(C)C(=O)NC3(C#N)CCCCC3)nc3cc(Cl)ccc3c2=O)c1. The molecule has 3 aromatic rings. The Morgan fingerprint density at radius 1 is 1.24 bits per heavy atom. The summed E-state index contributed by atoms with van der Waals surface area (Å²) in [6, 6.07) is 14.9. The summed E-state index contributed by atoms with van der Waals surface area (Å²) in [5.41, 5.74) is 1.13. The zero-order chi connectivity index (χ0) is 23.6. The maximum Gasteiger partial charge on any atom is 0.266 e. The zero-order valence-corrected chi connectivity index (χ0v) is 20.2. The number of nitriles is 1. The van der Waals surface area contributed by atoms with Gasteiger partial charge in [-0.15, -0.1) is 0 Å². The van der Waals surface area contributed by atoms with Crippen molar-refractivity contribution in [2.75, 3.05) is 0 Å². The monoisotopic (exact) mass is 480 g/mol. The highest BCUT2D eigenvalue weighted by Gasteiger charge is 2.35. The summed E-state index contributed by atoms with van der Waals surface area (Å²) in [6.07, 6.45) is 4.25. The number of hydrogen-bond acceptors (Lipinski definition) is 5. The van der Waals surface area contributed by atoms with E-state index in [0.29, 0.717) is 39.6 Å². The molecule has 2 aromatic carbocycles. The molecule has 0 radical (unpaired) electrons. The highest BCUT2D eigenvalue weighted by atomic mass is 35.5. The molecule has 0 saturated heterocycles. The highest BCUT2D eigenvalue weighted by molar-refractivity contribution is 8.00. The van der Waals surface area contributed by atoms with Gasteiger partial charge in [-0.2, -0.15) is 5.26 Å². The first-order valence-electron chi connectivity index (χ1n) is 11.0. The Morgan fingerprint density at radius 2 is 2.00 bits per heavy atom. The lowest BCUT2D eigenvalue weighted by atomic mass is 9.83. The fraction of sp³-hybridized carbons (Fsp3) is 0.360. The predicted molar refractivity (Wildman–Crippen MR) is 132 cm³/mol. The number of nitrogens with one attached hydrogen (secondary N) is 1. The minimum atomic E-state index is -0.815. The lowest BCUT2D eigenvalue weighted by molar-refractivity contribution is -0.121. The molecule has 1 atom stereocenters. The van der Waals surface area contributed by atoms with Gasteiger partial charge in [0.25, 0.3) is 5.56 Å². The Hall–Kier alpha value is -2.82. The Bertz CT molecular complexity index is 1310. The van der Waals surface area contributed by atoms with Crippen molar-refractivity contribution in [1.82, 2.24) is 14.9 Å². The molecule has 33 heavy (non-hydrogen) atoms. The van der Waals surface area contributed by atoms with Crippen molar-refractivity contribution in [3.8, 4) is 11.8 Å². The second kappa shape index (κ2) is 9.58. The minimum Gasteiger partial charge on any atom is -0.337 e. The summed E-state index contributed by atoms with van der Waals surface area (Å²) in [5, 5.41) is 13.5. The van der Waals surface area contributed by atoms with Crippen LogP contribution in [-0.2, 0) is 4.79 Å². The van der Waals surface area contributed by atoms with E-state index in [1.54, 1.807) is 29.7 Å². The summed E-state index contributed by atoms with van der Waals surface area (Å²) >= 11 is 7.35. The first kappa shape index (κ1) is 23.3. The number of amides is 1. The summed E-state index contributed by atoms with van der Waals surface area (Å²) in [4.78, 5) is 31.2. The third kappa shape index (κ3) is 4.92. The van der Waals surface area contributed by atoms with Crippen LogP contribution in [0, 0.1) is 18.3 Å². The van der Waals surface area contributed by atoms with E-state index < -0.39 is 10.8 Å². The van der Waals surface area contributed by atoms with Crippen molar-refractivity contribution < 1.29 is 4.79 Å². The number of nitrogens with zero attached hydrogens (tertiary/aromatic N) is 3. The van der Waals surface area contributed by atoms with Gasteiger partial charge in [0.1, 0.15) is 5.54 Å². The second-order valence-electron chi connectivity index (χ2n) is 8.54. The normalized spacial score (nSPS) is 16.2. The molecular weight excluding hydrogens is 456 g/mol. The van der Waals surface area contributed by atoms with Crippen LogP contribution >= 0.6 is 23.4 Å². The number of aromatic nitrogens is 2. The third-order valence-electron chi connectivity index (χ3n) is 6.00. The van der Waals surface area contributed by atoms with Crippen molar-refractivity contribution in [1.29, 1.82) is 5.26 Å². The van der Waals surface area contributed by atoms with Crippen LogP contribution in [0.4, 0.5) is 0 Å². The van der Waals surface area contributed by atoms with Crippen LogP contribution in [0.3, 0.4) is 0 Å². The van der Waals surface area contributed by atoms with Crippen molar-refractivity contribution in [3.63, 3.8) is 0 Å². The summed E-state index contributed by atoms with van der Waals surface area (Å²) in [5.74, 6) is -0.236. The number of carbonyl (C=O) groups excluding carboxylic acids is 1. The van der Waals surface area contributed by atoms with Gasteiger partial charge in [-0.3, -0.25) is 14.2 Å². The number of hydrogen-bond donors (Lipinski definition) is 1. The van der Waals surface area contributed by atoms with Gasteiger partial charge in [-0.25, -0.2) is 4.98 Å². The molecule has 170 valence electrons. The molecule has 1 aliphatic carbocycles. The van der Waals surface area contributed by atoms with Gasteiger partial charge in [-0.1, -0.05) is 54.8 Å². The molecule has 4 rings (SSSR count). The van der Waals surface area contributed by atoms with Gasteiger partial charge in [0.2, 0.25) is 5.91 Å². The maximum absolute atomic E-state index is 13.5. The van der Waals surface area contributed by atoms with Crippen LogP contribution in [0.2, 0.25) is 5.02 Å². The Labute approximate surface area is 202 Å². The third-order valence-corrected chi connectivity index (χ3v) is 7.28. The largest absolute Gasteiger partial charge is 0.337 e. The van der Waals surface area contributed by atoms with E-state index in [0.717, 1.165) is 24.8 Å². The van der Waals surface area contributed by atoms with Crippen molar-refractivity contribution in [2.24, 2.45) is 0 Å². The number of thioether (sulfide) groups is 1. The Kier molecular flexibility index (Phi) is 6.78. The molecule has 0 bridgehead atoms. The Balaban J connectivity index is 1.73. The molecule has 1 heterocycles. The molecule has 8 heteroatoms. The number of fused-ring (bicyclic) bond motifs is 1. The average molecular weight is 481 g/mol. The van der Waals surface area contributed by atoms with E-state index in [-0.39, 0.29) is 11.5 Å². The lowest BCUT2D eigenvalue weighted by Gasteiger charge is -2.32. The zero-order valence-electron chi connectivity index (χ0n) is 18.6. The van der Waals surface area contributed by atoms with E-state index in [1.807, 2.05) is 31.2 Å². The fourth-order valence-electron chi connectivity index (χ4n) is 4.18. The fourth-order valence-corrected chi connectivity index (χ4v) is 5.27. The summed E-state index contributed by atoms with van der Waals surface area (Å²) in [6.45, 7) is 3.72. The first-order chi connectivity index (χ1) is 15.8. The van der Waals surface area contributed by atoms with Gasteiger partial charge in [0.15, 0.2) is 5.16 Å². The molecule has 0 aliphatic heterocycles. The second-order valence-corrected chi connectivity index (χ2v) is 10.3.